The maximum Gasteiger partial charge on any atom is 0.272 e. The monoisotopic (exact) mass is 281 g/mol. The van der Waals surface area contributed by atoms with Crippen molar-refractivity contribution in [2.45, 2.75) is 13.5 Å². The van der Waals surface area contributed by atoms with Crippen molar-refractivity contribution in [3.05, 3.63) is 69.9 Å². The van der Waals surface area contributed by atoms with E-state index in [1.807, 2.05) is 30.5 Å². The molecule has 0 aliphatic carbocycles. The zero-order valence-electron chi connectivity index (χ0n) is 11.6. The average molecular weight is 281 g/mol. The van der Waals surface area contributed by atoms with Gasteiger partial charge in [-0.15, -0.1) is 0 Å². The van der Waals surface area contributed by atoms with E-state index >= 15 is 0 Å². The number of nitro benzene ring substituents is 1. The lowest BCUT2D eigenvalue weighted by Gasteiger charge is -2.07. The topological polar surface area (TPSA) is 71.0 Å². The van der Waals surface area contributed by atoms with Gasteiger partial charge >= 0.3 is 0 Å². The molecule has 106 valence electrons. The lowest BCUT2D eigenvalue weighted by Crippen LogP contribution is -2.01. The van der Waals surface area contributed by atoms with E-state index in [1.165, 1.54) is 0 Å². The van der Waals surface area contributed by atoms with Crippen LogP contribution in [-0.2, 0) is 6.54 Å². The van der Waals surface area contributed by atoms with Gasteiger partial charge in [-0.2, -0.15) is 0 Å². The zero-order valence-corrected chi connectivity index (χ0v) is 11.6. The van der Waals surface area contributed by atoms with Gasteiger partial charge in [0.1, 0.15) is 0 Å². The van der Waals surface area contributed by atoms with E-state index in [9.17, 15) is 10.1 Å². The van der Waals surface area contributed by atoms with Gasteiger partial charge in [0, 0.05) is 41.0 Å². The van der Waals surface area contributed by atoms with Crippen molar-refractivity contribution in [1.82, 2.24) is 4.98 Å². The number of nitrogens with zero attached hydrogens (tertiary/aromatic N) is 1. The van der Waals surface area contributed by atoms with Crippen molar-refractivity contribution in [2.75, 3.05) is 5.32 Å². The fourth-order valence-corrected chi connectivity index (χ4v) is 2.33. The lowest BCUT2D eigenvalue weighted by atomic mass is 10.1. The number of aryl methyl sites for hydroxylation is 1. The molecule has 21 heavy (non-hydrogen) atoms. The molecule has 0 aliphatic rings. The molecule has 5 nitrogen and oxygen atoms in total. The van der Waals surface area contributed by atoms with Gasteiger partial charge < -0.3 is 10.3 Å². The second-order valence-electron chi connectivity index (χ2n) is 5.01. The van der Waals surface area contributed by atoms with Gasteiger partial charge in [-0.05, 0) is 36.8 Å². The fourth-order valence-electron chi connectivity index (χ4n) is 2.33. The predicted octanol–water partition coefficient (Wildman–Crippen LogP) is 4.00. The first-order valence-electron chi connectivity index (χ1n) is 6.68. The van der Waals surface area contributed by atoms with Crippen molar-refractivity contribution in [3.8, 4) is 0 Å². The maximum absolute atomic E-state index is 10.9. The number of aromatic nitrogens is 1. The summed E-state index contributed by atoms with van der Waals surface area (Å²) in [6.07, 6.45) is 1.90. The zero-order chi connectivity index (χ0) is 14.8. The van der Waals surface area contributed by atoms with Crippen LogP contribution in [0.3, 0.4) is 0 Å². The number of nitrogens with one attached hydrogen (secondary N) is 2. The molecule has 2 N–H and O–H groups in total. The first-order chi connectivity index (χ1) is 10.1. The van der Waals surface area contributed by atoms with Gasteiger partial charge in [0.05, 0.1) is 4.92 Å². The van der Waals surface area contributed by atoms with Crippen molar-refractivity contribution >= 4 is 22.3 Å². The molecule has 0 saturated carbocycles. The summed E-state index contributed by atoms with van der Waals surface area (Å²) in [7, 11) is 0. The number of fused-ring (bicyclic) bond motifs is 1. The highest BCUT2D eigenvalue weighted by molar-refractivity contribution is 5.82. The van der Waals surface area contributed by atoms with Crippen LogP contribution in [0.2, 0.25) is 0 Å². The summed E-state index contributed by atoms with van der Waals surface area (Å²) < 4.78 is 0. The number of H-pyrrole nitrogens is 1. The van der Waals surface area contributed by atoms with Gasteiger partial charge in [0.15, 0.2) is 0 Å². The Balaban J connectivity index is 1.77. The summed E-state index contributed by atoms with van der Waals surface area (Å²) in [6.45, 7) is 2.30. The minimum atomic E-state index is -0.343. The first-order valence-corrected chi connectivity index (χ1v) is 6.68. The third kappa shape index (κ3) is 2.72. The Bertz CT molecular complexity index is 808. The number of aromatic amines is 1. The number of nitro groups is 1. The number of rotatable bonds is 4. The Kier molecular flexibility index (Phi) is 3.31. The molecular formula is C16H15N3O2. The van der Waals surface area contributed by atoms with Gasteiger partial charge in [0.25, 0.3) is 5.69 Å². The second kappa shape index (κ2) is 5.28. The summed E-state index contributed by atoms with van der Waals surface area (Å²) in [6, 6.07) is 13.4. The van der Waals surface area contributed by atoms with Crippen LogP contribution < -0.4 is 5.32 Å². The molecule has 0 unspecified atom stereocenters. The highest BCUT2D eigenvalue weighted by atomic mass is 16.6. The molecule has 0 aliphatic heterocycles. The first kappa shape index (κ1) is 13.2. The molecule has 0 radical (unpaired) electrons. The summed E-state index contributed by atoms with van der Waals surface area (Å²) in [5.41, 5.74) is 3.81. The Labute approximate surface area is 121 Å². The predicted molar refractivity (Wildman–Crippen MR) is 83.5 cm³/mol. The van der Waals surface area contributed by atoms with Crippen molar-refractivity contribution < 1.29 is 4.92 Å². The molecule has 0 atom stereocenters. The minimum Gasteiger partial charge on any atom is -0.381 e. The molecule has 1 heterocycles. The molecule has 3 aromatic rings. The summed E-state index contributed by atoms with van der Waals surface area (Å²) >= 11 is 0. The van der Waals surface area contributed by atoms with Crippen molar-refractivity contribution in [1.29, 1.82) is 0 Å². The number of benzene rings is 2. The van der Waals surface area contributed by atoms with Gasteiger partial charge in [0.2, 0.25) is 0 Å². The number of hydrogen-bond donors (Lipinski definition) is 2. The van der Waals surface area contributed by atoms with E-state index in [0.29, 0.717) is 12.1 Å². The SMILES string of the molecule is Cc1ccc(CNc2ccc3[nH]ccc3c2)cc1[N+](=O)[O-]. The molecule has 1 aromatic heterocycles. The summed E-state index contributed by atoms with van der Waals surface area (Å²) in [5, 5.41) is 15.4. The third-order valence-corrected chi connectivity index (χ3v) is 3.52. The molecule has 0 fully saturated rings. The molecule has 0 saturated heterocycles. The number of hydrogen-bond acceptors (Lipinski definition) is 3. The van der Waals surface area contributed by atoms with E-state index in [0.717, 1.165) is 22.2 Å². The van der Waals surface area contributed by atoms with Crippen LogP contribution >= 0.6 is 0 Å². The van der Waals surface area contributed by atoms with Crippen LogP contribution in [0.5, 0.6) is 0 Å². The normalized spacial score (nSPS) is 10.7. The standard InChI is InChI=1S/C16H15N3O2/c1-11-2-3-12(8-16(11)19(20)21)10-18-14-4-5-15-13(9-14)6-7-17-15/h2-9,17-18H,10H2,1H3. The highest BCUT2D eigenvalue weighted by Crippen LogP contribution is 2.21. The van der Waals surface area contributed by atoms with Crippen LogP contribution in [0.15, 0.2) is 48.7 Å². The van der Waals surface area contributed by atoms with E-state index in [4.69, 9.17) is 0 Å². The van der Waals surface area contributed by atoms with E-state index in [2.05, 4.69) is 16.4 Å². The molecule has 0 bridgehead atoms. The second-order valence-corrected chi connectivity index (χ2v) is 5.01. The largest absolute Gasteiger partial charge is 0.381 e. The van der Waals surface area contributed by atoms with E-state index < -0.39 is 0 Å². The Morgan fingerprint density at radius 3 is 2.86 bits per heavy atom. The van der Waals surface area contributed by atoms with Crippen LogP contribution in [0.1, 0.15) is 11.1 Å². The van der Waals surface area contributed by atoms with Crippen molar-refractivity contribution in [3.63, 3.8) is 0 Å². The summed E-state index contributed by atoms with van der Waals surface area (Å²) in [4.78, 5) is 13.7. The minimum absolute atomic E-state index is 0.162. The highest BCUT2D eigenvalue weighted by Gasteiger charge is 2.10. The fraction of sp³-hybridized carbons (Fsp3) is 0.125. The average Bonchev–Trinajstić information content (AvgIpc) is 2.93. The molecule has 0 amide bonds. The molecule has 2 aromatic carbocycles. The van der Waals surface area contributed by atoms with Gasteiger partial charge in [-0.3, -0.25) is 10.1 Å². The van der Waals surface area contributed by atoms with Crippen LogP contribution in [0.4, 0.5) is 11.4 Å². The smallest absolute Gasteiger partial charge is 0.272 e. The molecule has 5 heteroatoms. The number of anilines is 1. The molecule has 3 rings (SSSR count). The third-order valence-electron chi connectivity index (χ3n) is 3.52. The van der Waals surface area contributed by atoms with E-state index in [-0.39, 0.29) is 10.6 Å². The Morgan fingerprint density at radius 1 is 1.19 bits per heavy atom. The molecular weight excluding hydrogens is 266 g/mol. The van der Waals surface area contributed by atoms with Crippen LogP contribution in [0, 0.1) is 17.0 Å². The lowest BCUT2D eigenvalue weighted by molar-refractivity contribution is -0.385. The Morgan fingerprint density at radius 2 is 2.05 bits per heavy atom. The van der Waals surface area contributed by atoms with E-state index in [1.54, 1.807) is 19.1 Å². The van der Waals surface area contributed by atoms with Crippen molar-refractivity contribution in [2.24, 2.45) is 0 Å². The molecule has 0 spiro atoms. The summed E-state index contributed by atoms with van der Waals surface area (Å²) in [5.74, 6) is 0. The quantitative estimate of drug-likeness (QED) is 0.561. The van der Waals surface area contributed by atoms with Gasteiger partial charge in [-0.25, -0.2) is 0 Å². The van der Waals surface area contributed by atoms with Gasteiger partial charge in [-0.1, -0.05) is 12.1 Å². The van der Waals surface area contributed by atoms with Crippen LogP contribution in [0.25, 0.3) is 10.9 Å². The van der Waals surface area contributed by atoms with Crippen LogP contribution in [-0.4, -0.2) is 9.91 Å². The Hall–Kier alpha value is -2.82. The maximum atomic E-state index is 10.9.